The third-order valence-corrected chi connectivity index (χ3v) is 11.9. The highest BCUT2D eigenvalue weighted by atomic mass is 16.3. The van der Waals surface area contributed by atoms with Crippen molar-refractivity contribution in [3.8, 4) is 73.2 Å². The van der Waals surface area contributed by atoms with Crippen LogP contribution in [0.2, 0.25) is 0 Å². The summed E-state index contributed by atoms with van der Waals surface area (Å²) >= 11 is 0. The summed E-state index contributed by atoms with van der Waals surface area (Å²) in [6.07, 6.45) is 0. The number of para-hydroxylation sites is 3. The number of furan rings is 1. The van der Waals surface area contributed by atoms with Crippen molar-refractivity contribution in [2.45, 2.75) is 0 Å². The zero-order chi connectivity index (χ0) is 41.0. The minimum absolute atomic E-state index is 0.574. The molecule has 0 aliphatic heterocycles. The SMILES string of the molecule is c1ccc(-c2ccc(-c3nc(-c4cccc(-c5ccccc5)c4)nc(-c4ccc5c(c4)oc4cc(-c6ccccc6-n6c7ccccc7c7ccccc76)ccc45)n3)cc2)cc1. The van der Waals surface area contributed by atoms with E-state index < -0.39 is 0 Å². The summed E-state index contributed by atoms with van der Waals surface area (Å²) in [4.78, 5) is 15.3. The molecule has 290 valence electrons. The van der Waals surface area contributed by atoms with Crippen molar-refractivity contribution >= 4 is 43.7 Å². The van der Waals surface area contributed by atoms with Gasteiger partial charge in [-0.2, -0.15) is 0 Å². The molecule has 5 nitrogen and oxygen atoms in total. The molecule has 12 aromatic rings. The maximum atomic E-state index is 6.72. The van der Waals surface area contributed by atoms with Crippen LogP contribution in [0.15, 0.2) is 223 Å². The summed E-state index contributed by atoms with van der Waals surface area (Å²) < 4.78 is 9.10. The van der Waals surface area contributed by atoms with E-state index in [1.807, 2.05) is 12.1 Å². The van der Waals surface area contributed by atoms with Gasteiger partial charge in [0.25, 0.3) is 0 Å². The summed E-state index contributed by atoms with van der Waals surface area (Å²) in [7, 11) is 0. The van der Waals surface area contributed by atoms with Crippen molar-refractivity contribution < 1.29 is 4.42 Å². The van der Waals surface area contributed by atoms with Crippen molar-refractivity contribution in [1.82, 2.24) is 19.5 Å². The lowest BCUT2D eigenvalue weighted by molar-refractivity contribution is 0.669. The normalized spacial score (nSPS) is 11.5. The Kier molecular flexibility index (Phi) is 8.42. The van der Waals surface area contributed by atoms with Gasteiger partial charge in [0.1, 0.15) is 11.2 Å². The first-order valence-corrected chi connectivity index (χ1v) is 20.8. The molecule has 3 heterocycles. The van der Waals surface area contributed by atoms with E-state index in [4.69, 9.17) is 19.4 Å². The van der Waals surface area contributed by atoms with Crippen LogP contribution < -0.4 is 0 Å². The second-order valence-corrected chi connectivity index (χ2v) is 15.6. The molecule has 0 unspecified atom stereocenters. The molecule has 0 amide bonds. The molecular formula is C57H36N4O. The Morgan fingerprint density at radius 3 is 1.39 bits per heavy atom. The quantitative estimate of drug-likeness (QED) is 0.161. The summed E-state index contributed by atoms with van der Waals surface area (Å²) in [5.41, 5.74) is 14.5. The van der Waals surface area contributed by atoms with E-state index in [1.165, 1.54) is 21.8 Å². The first kappa shape index (κ1) is 35.5. The van der Waals surface area contributed by atoms with Gasteiger partial charge in [-0.3, -0.25) is 0 Å². The molecule has 0 aliphatic rings. The summed E-state index contributed by atoms with van der Waals surface area (Å²) in [6.45, 7) is 0. The largest absolute Gasteiger partial charge is 0.456 e. The van der Waals surface area contributed by atoms with Crippen LogP contribution in [0.5, 0.6) is 0 Å². The van der Waals surface area contributed by atoms with Crippen LogP contribution in [-0.4, -0.2) is 19.5 Å². The van der Waals surface area contributed by atoms with Gasteiger partial charge in [0.2, 0.25) is 0 Å². The fourth-order valence-corrected chi connectivity index (χ4v) is 8.85. The van der Waals surface area contributed by atoms with Gasteiger partial charge in [0.15, 0.2) is 17.5 Å². The number of rotatable bonds is 7. The molecule has 0 saturated carbocycles. The molecule has 0 spiro atoms. The summed E-state index contributed by atoms with van der Waals surface area (Å²) in [5.74, 6) is 1.78. The Morgan fingerprint density at radius 2 is 0.726 bits per heavy atom. The third-order valence-electron chi connectivity index (χ3n) is 11.9. The van der Waals surface area contributed by atoms with Gasteiger partial charge >= 0.3 is 0 Å². The van der Waals surface area contributed by atoms with Gasteiger partial charge in [-0.25, -0.2) is 15.0 Å². The highest BCUT2D eigenvalue weighted by Gasteiger charge is 2.18. The van der Waals surface area contributed by atoms with E-state index in [0.29, 0.717) is 17.5 Å². The smallest absolute Gasteiger partial charge is 0.164 e. The molecule has 0 atom stereocenters. The van der Waals surface area contributed by atoms with Crippen molar-refractivity contribution in [1.29, 1.82) is 0 Å². The number of fused-ring (bicyclic) bond motifs is 6. The predicted molar refractivity (Wildman–Crippen MR) is 254 cm³/mol. The fraction of sp³-hybridized carbons (Fsp3) is 0. The minimum atomic E-state index is 0.574. The molecule has 0 fully saturated rings. The summed E-state index contributed by atoms with van der Waals surface area (Å²) in [6, 6.07) is 76.3. The van der Waals surface area contributed by atoms with Crippen LogP contribution >= 0.6 is 0 Å². The van der Waals surface area contributed by atoms with Crippen molar-refractivity contribution in [2.24, 2.45) is 0 Å². The Hall–Kier alpha value is -8.41. The van der Waals surface area contributed by atoms with E-state index >= 15 is 0 Å². The van der Waals surface area contributed by atoms with E-state index in [2.05, 4.69) is 211 Å². The predicted octanol–water partition coefficient (Wildman–Crippen LogP) is 14.9. The minimum Gasteiger partial charge on any atom is -0.456 e. The molecule has 0 saturated heterocycles. The molecule has 5 heteroatoms. The maximum absolute atomic E-state index is 6.72. The molecule has 12 rings (SSSR count). The Labute approximate surface area is 357 Å². The highest BCUT2D eigenvalue weighted by Crippen LogP contribution is 2.39. The topological polar surface area (TPSA) is 56.7 Å². The second kappa shape index (κ2) is 14.7. The van der Waals surface area contributed by atoms with Crippen LogP contribution in [-0.2, 0) is 0 Å². The van der Waals surface area contributed by atoms with Gasteiger partial charge in [-0.15, -0.1) is 0 Å². The Balaban J connectivity index is 0.963. The number of hydrogen-bond acceptors (Lipinski definition) is 4. The average molecular weight is 793 g/mol. The highest BCUT2D eigenvalue weighted by molar-refractivity contribution is 6.10. The second-order valence-electron chi connectivity index (χ2n) is 15.6. The molecule has 3 aromatic heterocycles. The van der Waals surface area contributed by atoms with Crippen molar-refractivity contribution in [3.05, 3.63) is 218 Å². The lowest BCUT2D eigenvalue weighted by atomic mass is 10.0. The zero-order valence-corrected chi connectivity index (χ0v) is 33.5. The molecule has 9 aromatic carbocycles. The Morgan fingerprint density at radius 1 is 0.290 bits per heavy atom. The molecular weight excluding hydrogens is 757 g/mol. The monoisotopic (exact) mass is 792 g/mol. The average Bonchev–Trinajstić information content (AvgIpc) is 3.89. The van der Waals surface area contributed by atoms with Gasteiger partial charge in [-0.1, -0.05) is 170 Å². The van der Waals surface area contributed by atoms with E-state index in [-0.39, 0.29) is 0 Å². The number of hydrogen-bond donors (Lipinski definition) is 0. The van der Waals surface area contributed by atoms with Crippen LogP contribution in [0.25, 0.3) is 117 Å². The van der Waals surface area contributed by atoms with Crippen molar-refractivity contribution in [3.63, 3.8) is 0 Å². The third kappa shape index (κ3) is 6.14. The van der Waals surface area contributed by atoms with E-state index in [9.17, 15) is 0 Å². The first-order valence-electron chi connectivity index (χ1n) is 20.8. The fourth-order valence-electron chi connectivity index (χ4n) is 8.85. The van der Waals surface area contributed by atoms with Gasteiger partial charge in [0.05, 0.1) is 16.7 Å². The van der Waals surface area contributed by atoms with Crippen LogP contribution in [0.1, 0.15) is 0 Å². The first-order chi connectivity index (χ1) is 30.7. The number of benzene rings is 9. The zero-order valence-electron chi connectivity index (χ0n) is 33.5. The standard InChI is InChI=1S/C57H36N4O/c1-3-14-37(15-4-1)39-26-28-40(29-27-39)55-58-56(43-19-13-18-41(34-43)38-16-5-2-6-17-38)60-57(59-55)44-31-33-49-48-32-30-42(35-53(48)62-54(49)36-44)45-20-7-10-23-50(45)61-51-24-11-8-21-46(51)47-22-9-12-25-52(47)61/h1-36H. The summed E-state index contributed by atoms with van der Waals surface area (Å²) in [5, 5.41) is 4.56. The van der Waals surface area contributed by atoms with Gasteiger partial charge in [0, 0.05) is 43.8 Å². The lowest BCUT2D eigenvalue weighted by Gasteiger charge is -2.14. The molecule has 62 heavy (non-hydrogen) atoms. The number of aromatic nitrogens is 4. The number of nitrogens with zero attached hydrogens (tertiary/aromatic N) is 4. The molecule has 0 aliphatic carbocycles. The lowest BCUT2D eigenvalue weighted by Crippen LogP contribution is -2.00. The van der Waals surface area contributed by atoms with Crippen LogP contribution in [0, 0.1) is 0 Å². The van der Waals surface area contributed by atoms with E-state index in [0.717, 1.165) is 77.7 Å². The van der Waals surface area contributed by atoms with Gasteiger partial charge in [-0.05, 0) is 76.3 Å². The Bertz CT molecular complexity index is 3570. The molecule has 0 bridgehead atoms. The van der Waals surface area contributed by atoms with Crippen molar-refractivity contribution in [2.75, 3.05) is 0 Å². The van der Waals surface area contributed by atoms with Crippen LogP contribution in [0.4, 0.5) is 0 Å². The maximum Gasteiger partial charge on any atom is 0.164 e. The van der Waals surface area contributed by atoms with Gasteiger partial charge < -0.3 is 8.98 Å². The molecule has 0 radical (unpaired) electrons. The van der Waals surface area contributed by atoms with E-state index in [1.54, 1.807) is 0 Å². The van der Waals surface area contributed by atoms with Crippen LogP contribution in [0.3, 0.4) is 0 Å². The molecule has 0 N–H and O–H groups in total.